The van der Waals surface area contributed by atoms with Crippen LogP contribution in [0.2, 0.25) is 0 Å². The number of halogens is 1. The Morgan fingerprint density at radius 2 is 2.07 bits per heavy atom. The fourth-order valence-electron chi connectivity index (χ4n) is 2.40. The van der Waals surface area contributed by atoms with Crippen molar-refractivity contribution in [2.24, 2.45) is 4.99 Å². The Kier molecular flexibility index (Phi) is 6.16. The number of para-hydroxylation sites is 1. The van der Waals surface area contributed by atoms with E-state index < -0.39 is 27.0 Å². The van der Waals surface area contributed by atoms with Crippen LogP contribution in [-0.2, 0) is 6.61 Å². The van der Waals surface area contributed by atoms with Gasteiger partial charge in [-0.05, 0) is 0 Å². The summed E-state index contributed by atoms with van der Waals surface area (Å²) < 4.78 is 22.6. The molecule has 0 spiro atoms. The number of aliphatic hydroxyl groups is 1. The first-order valence-electron chi connectivity index (χ1n) is 8.54. The summed E-state index contributed by atoms with van der Waals surface area (Å²) in [5.41, 5.74) is 1.96. The number of aliphatic imine (C=N–C) groups is 1. The molecule has 3 aromatic rings. The molecule has 144 valence electrons. The van der Waals surface area contributed by atoms with E-state index in [1.807, 2.05) is 13.0 Å². The average molecular weight is 514 g/mol. The second-order valence-corrected chi connectivity index (χ2v) is 11.0. The molecular weight excluding hydrogens is 500 g/mol. The van der Waals surface area contributed by atoms with Gasteiger partial charge >= 0.3 is 181 Å². The van der Waals surface area contributed by atoms with E-state index in [0.717, 1.165) is 19.4 Å². The van der Waals surface area contributed by atoms with E-state index in [1.54, 1.807) is 30.1 Å². The molecule has 0 fully saturated rings. The molecule has 29 heavy (non-hydrogen) atoms. The van der Waals surface area contributed by atoms with Gasteiger partial charge < -0.3 is 0 Å². The summed E-state index contributed by atoms with van der Waals surface area (Å²) in [6.07, 6.45) is 3.06. The molecule has 0 saturated carbocycles. The molecule has 1 aliphatic heterocycles. The van der Waals surface area contributed by atoms with Crippen LogP contribution in [0.15, 0.2) is 51.8 Å². The Morgan fingerprint density at radius 3 is 2.83 bits per heavy atom. The molecule has 0 saturated heterocycles. The Balaban J connectivity index is 1.52. The summed E-state index contributed by atoms with van der Waals surface area (Å²) in [5.74, 6) is 0.133. The zero-order chi connectivity index (χ0) is 20.2. The third-order valence-electron chi connectivity index (χ3n) is 3.73. The van der Waals surface area contributed by atoms with Gasteiger partial charge in [0.2, 0.25) is 0 Å². The van der Waals surface area contributed by atoms with Crippen LogP contribution in [-0.4, -0.2) is 49.2 Å². The van der Waals surface area contributed by atoms with Crippen molar-refractivity contribution >= 4 is 46.7 Å². The van der Waals surface area contributed by atoms with Crippen molar-refractivity contribution < 1.29 is 14.2 Å². The van der Waals surface area contributed by atoms with Gasteiger partial charge in [-0.1, -0.05) is 0 Å². The fourth-order valence-corrected chi connectivity index (χ4v) is 7.48. The van der Waals surface area contributed by atoms with Gasteiger partial charge in [-0.25, -0.2) is 0 Å². The molecule has 3 heterocycles. The standard InChI is InChI=1S/C19H14FN5O2S.Sn/c1-12-7-16(25-19(24-12)27-17-6-4-3-5-15(17)20)13(2)28-11-23-18-9-21-14(10-26)8-22-18;/h2-9,26H,10H2,1H3;. The Labute approximate surface area is 180 Å². The van der Waals surface area contributed by atoms with Gasteiger partial charge in [-0.3, -0.25) is 0 Å². The SMILES string of the molecule is Cc1cc(C2=[CH][Sn][C](=Nc3cnc(CO)cn3)S2)nc(Oc2ccccc2F)n1. The van der Waals surface area contributed by atoms with Crippen LogP contribution in [0.3, 0.4) is 0 Å². The molecule has 4 rings (SSSR count). The van der Waals surface area contributed by atoms with Gasteiger partial charge in [0.15, 0.2) is 0 Å². The number of benzene rings is 1. The van der Waals surface area contributed by atoms with E-state index >= 15 is 0 Å². The number of aliphatic hydroxyl groups excluding tert-OH is 1. The molecular formula is C19H14FN5O2SSn. The number of rotatable bonds is 5. The second kappa shape index (κ2) is 8.97. The molecule has 0 aliphatic carbocycles. The topological polar surface area (TPSA) is 93.4 Å². The normalized spacial score (nSPS) is 14.9. The summed E-state index contributed by atoms with van der Waals surface area (Å²) in [7, 11) is 0. The quantitative estimate of drug-likeness (QED) is 0.522. The molecule has 0 atom stereocenters. The van der Waals surface area contributed by atoms with Crippen molar-refractivity contribution in [3.8, 4) is 11.8 Å². The maximum atomic E-state index is 13.9. The van der Waals surface area contributed by atoms with Crippen LogP contribution < -0.4 is 4.74 Å². The molecule has 2 radical (unpaired) electrons. The molecule has 0 bridgehead atoms. The minimum absolute atomic E-state index is 0.0840. The average Bonchev–Trinajstić information content (AvgIpc) is 3.18. The van der Waals surface area contributed by atoms with Crippen LogP contribution in [0.5, 0.6) is 11.8 Å². The molecule has 0 amide bonds. The Morgan fingerprint density at radius 1 is 1.21 bits per heavy atom. The third kappa shape index (κ3) is 4.98. The fraction of sp³-hybridized carbons (Fsp3) is 0.105. The molecule has 7 nitrogen and oxygen atoms in total. The van der Waals surface area contributed by atoms with Crippen molar-refractivity contribution in [2.75, 3.05) is 0 Å². The number of hydrogen-bond acceptors (Lipinski definition) is 8. The summed E-state index contributed by atoms with van der Waals surface area (Å²) in [6, 6.07) is 8.12. The molecule has 1 N–H and O–H groups in total. The predicted octanol–water partition coefficient (Wildman–Crippen LogP) is 3.44. The van der Waals surface area contributed by atoms with Crippen molar-refractivity contribution in [1.82, 2.24) is 19.9 Å². The molecule has 2 aromatic heterocycles. The van der Waals surface area contributed by atoms with E-state index in [1.165, 1.54) is 18.3 Å². The van der Waals surface area contributed by atoms with Crippen LogP contribution in [0, 0.1) is 12.7 Å². The zero-order valence-electron chi connectivity index (χ0n) is 15.2. The summed E-state index contributed by atoms with van der Waals surface area (Å²) in [6.45, 7) is 1.69. The van der Waals surface area contributed by atoms with Gasteiger partial charge in [-0.2, -0.15) is 0 Å². The summed E-state index contributed by atoms with van der Waals surface area (Å²) >= 11 is 0.536. The van der Waals surface area contributed by atoms with Crippen LogP contribution in [0.4, 0.5) is 10.2 Å². The van der Waals surface area contributed by atoms with Crippen LogP contribution >= 0.6 is 11.8 Å². The third-order valence-corrected chi connectivity index (χ3v) is 9.08. The number of aromatic nitrogens is 4. The van der Waals surface area contributed by atoms with E-state index in [0.29, 0.717) is 11.5 Å². The Bertz CT molecular complexity index is 1110. The first-order chi connectivity index (χ1) is 14.1. The van der Waals surface area contributed by atoms with Crippen molar-refractivity contribution in [2.45, 2.75) is 13.5 Å². The zero-order valence-corrected chi connectivity index (χ0v) is 18.9. The molecule has 0 unspecified atom stereocenters. The second-order valence-electron chi connectivity index (χ2n) is 5.91. The van der Waals surface area contributed by atoms with E-state index in [-0.39, 0.29) is 18.4 Å². The van der Waals surface area contributed by atoms with Crippen molar-refractivity contribution in [3.63, 3.8) is 0 Å². The monoisotopic (exact) mass is 515 g/mol. The first-order valence-corrected chi connectivity index (χ1v) is 12.4. The molecule has 1 aliphatic rings. The summed E-state index contributed by atoms with van der Waals surface area (Å²) in [5, 5.41) is 9.04. The van der Waals surface area contributed by atoms with Gasteiger partial charge in [0.25, 0.3) is 0 Å². The van der Waals surface area contributed by atoms with Gasteiger partial charge in [0, 0.05) is 0 Å². The van der Waals surface area contributed by atoms with Gasteiger partial charge in [-0.15, -0.1) is 0 Å². The van der Waals surface area contributed by atoms with Crippen LogP contribution in [0.1, 0.15) is 17.1 Å². The first kappa shape index (κ1) is 19.9. The molecule has 1 aromatic carbocycles. The summed E-state index contributed by atoms with van der Waals surface area (Å²) in [4.78, 5) is 22.5. The van der Waals surface area contributed by atoms with Crippen molar-refractivity contribution in [3.05, 3.63) is 69.7 Å². The number of hydrogen-bond donors (Lipinski definition) is 1. The van der Waals surface area contributed by atoms with E-state index in [9.17, 15) is 4.39 Å². The Hall–Kier alpha value is -2.37. The number of aryl methyl sites for hydroxylation is 1. The number of nitrogens with zero attached hydrogens (tertiary/aromatic N) is 5. The number of ether oxygens (including phenoxy) is 1. The van der Waals surface area contributed by atoms with Gasteiger partial charge in [0.05, 0.1) is 0 Å². The number of thioether (sulfide) groups is 1. The van der Waals surface area contributed by atoms with E-state index in [4.69, 9.17) is 9.84 Å². The molecule has 10 heteroatoms. The van der Waals surface area contributed by atoms with Gasteiger partial charge in [0.1, 0.15) is 0 Å². The van der Waals surface area contributed by atoms with Crippen LogP contribution in [0.25, 0.3) is 4.91 Å². The minimum atomic E-state index is -1.01. The predicted molar refractivity (Wildman–Crippen MR) is 110 cm³/mol. The maximum absolute atomic E-state index is 13.9. The van der Waals surface area contributed by atoms with E-state index in [2.05, 4.69) is 29.0 Å². The van der Waals surface area contributed by atoms with Crippen molar-refractivity contribution in [1.29, 1.82) is 0 Å².